The Kier molecular flexibility index (Phi) is 32.9. The van der Waals surface area contributed by atoms with Gasteiger partial charge in [-0.25, -0.2) is 4.79 Å². The highest BCUT2D eigenvalue weighted by atomic mass is 16.7. The minimum Gasteiger partial charge on any atom is -0.445 e. The van der Waals surface area contributed by atoms with Crippen LogP contribution in [0.3, 0.4) is 0 Å². The predicted molar refractivity (Wildman–Crippen MR) is 328 cm³/mol. The second-order valence-electron chi connectivity index (χ2n) is 26.0. The van der Waals surface area contributed by atoms with Gasteiger partial charge < -0.3 is 144 Å². The van der Waals surface area contributed by atoms with Crippen LogP contribution in [0.4, 0.5) is 4.79 Å². The highest BCUT2D eigenvalue weighted by Crippen LogP contribution is 2.74. The van der Waals surface area contributed by atoms with Gasteiger partial charge in [0.25, 0.3) is 0 Å². The number of hydrogen-bond donors (Lipinski definition) is 16. The van der Waals surface area contributed by atoms with Gasteiger partial charge in [0.05, 0.1) is 119 Å². The van der Waals surface area contributed by atoms with Crippen LogP contribution in [-0.2, 0) is 82.6 Å². The fourth-order valence-corrected chi connectivity index (χ4v) is 14.6. The third-order valence-corrected chi connectivity index (χ3v) is 18.5. The summed E-state index contributed by atoms with van der Waals surface area (Å²) >= 11 is 0. The molecule has 0 unspecified atom stereocenters. The number of amides is 4. The topological polar surface area (TPSA) is 479 Å². The highest BCUT2D eigenvalue weighted by molar-refractivity contribution is 5.77. The van der Waals surface area contributed by atoms with Crippen molar-refractivity contribution in [2.75, 3.05) is 139 Å². The Labute approximate surface area is 557 Å². The molecule has 1 aromatic carbocycles. The van der Waals surface area contributed by atoms with Crippen LogP contribution in [0.1, 0.15) is 82.6 Å². The molecule has 4 bridgehead atoms. The van der Waals surface area contributed by atoms with Crippen LogP contribution in [0, 0.1) is 16.2 Å². The molecule has 0 radical (unpaired) electrons. The third-order valence-electron chi connectivity index (χ3n) is 18.5. The van der Waals surface area contributed by atoms with Crippen molar-refractivity contribution < 1.29 is 142 Å². The van der Waals surface area contributed by atoms with Gasteiger partial charge in [-0.3, -0.25) is 14.4 Å². The second kappa shape index (κ2) is 39.8. The van der Waals surface area contributed by atoms with Gasteiger partial charge >= 0.3 is 6.09 Å². The van der Waals surface area contributed by atoms with Crippen molar-refractivity contribution >= 4 is 23.8 Å². The molecular formula is C63H104N4O29. The van der Waals surface area contributed by atoms with Crippen LogP contribution in [0.15, 0.2) is 30.3 Å². The van der Waals surface area contributed by atoms with E-state index in [0.29, 0.717) is 57.8 Å². The predicted octanol–water partition coefficient (Wildman–Crippen LogP) is -4.77. The number of ether oxygens (including phenoxy) is 13. The Morgan fingerprint density at radius 1 is 0.396 bits per heavy atom. The monoisotopic (exact) mass is 1380 g/mol. The normalized spacial score (nSPS) is 34.0. The van der Waals surface area contributed by atoms with Crippen molar-refractivity contribution in [2.45, 2.75) is 181 Å². The molecule has 4 amide bonds. The van der Waals surface area contributed by atoms with E-state index < -0.39 is 140 Å². The minimum atomic E-state index is -1.57. The van der Waals surface area contributed by atoms with Gasteiger partial charge in [-0.05, 0) is 79.6 Å². The number of aliphatic hydroxyl groups is 12. The van der Waals surface area contributed by atoms with Crippen LogP contribution in [0.2, 0.25) is 0 Å². The fraction of sp³-hybridized carbons (Fsp3) is 0.841. The van der Waals surface area contributed by atoms with E-state index in [9.17, 15) is 80.5 Å². The Morgan fingerprint density at radius 2 is 0.698 bits per heavy atom. The molecule has 0 spiro atoms. The molecule has 3 heterocycles. The van der Waals surface area contributed by atoms with Crippen molar-refractivity contribution in [3.63, 3.8) is 0 Å². The lowest BCUT2D eigenvalue weighted by atomic mass is 9.35. The van der Waals surface area contributed by atoms with Crippen molar-refractivity contribution in [3.8, 4) is 0 Å². The van der Waals surface area contributed by atoms with Gasteiger partial charge in [-0.15, -0.1) is 0 Å². The number of carbonyl (C=O) groups excluding carboxylic acids is 4. The number of alkyl carbamates (subject to hydrolysis) is 1. The molecular weight excluding hydrogens is 1280 g/mol. The number of nitrogens with one attached hydrogen (secondary N) is 4. The summed E-state index contributed by atoms with van der Waals surface area (Å²) in [6.45, 7) is 0.716. The van der Waals surface area contributed by atoms with E-state index >= 15 is 0 Å². The van der Waals surface area contributed by atoms with Crippen molar-refractivity contribution in [1.82, 2.24) is 21.3 Å². The van der Waals surface area contributed by atoms with Crippen LogP contribution < -0.4 is 21.3 Å². The lowest BCUT2D eigenvalue weighted by Gasteiger charge is -2.71. The quantitative estimate of drug-likeness (QED) is 0.0273. The van der Waals surface area contributed by atoms with E-state index in [4.69, 9.17) is 61.6 Å². The highest BCUT2D eigenvalue weighted by Gasteiger charge is 2.68. The minimum absolute atomic E-state index is 0.0267. The van der Waals surface area contributed by atoms with Crippen LogP contribution in [0.5, 0.6) is 0 Å². The zero-order valence-electron chi connectivity index (χ0n) is 54.4. The molecule has 4 saturated carbocycles. The SMILES string of the molecule is O=C(CCC12CC3(CCC(=O)NCCOCCOCCO[C@H]4O[C@H](CO)[C@@H](O)[C@H](O)[C@@H]4O)CC(CCC(=O)NCCOCCOCCO[C@H]4O[C@H](CO)[C@@H](O)[C@H](O)[C@@H]4O)(C1)CC(NC(=O)OCc1ccccc1)(C2)C3)NCCOCCOCCO[C@H]1O[C@H](CO)[C@@H](O)[C@H](O)[C@@H]1O. The first-order chi connectivity index (χ1) is 46.2. The van der Waals surface area contributed by atoms with Crippen molar-refractivity contribution in [3.05, 3.63) is 35.9 Å². The molecule has 550 valence electrons. The maximum atomic E-state index is 14.0. The molecule has 96 heavy (non-hydrogen) atoms. The summed E-state index contributed by atoms with van der Waals surface area (Å²) in [5, 5.41) is 131. The lowest BCUT2D eigenvalue weighted by molar-refractivity contribution is -0.302. The first-order valence-corrected chi connectivity index (χ1v) is 33.2. The van der Waals surface area contributed by atoms with Crippen molar-refractivity contribution in [1.29, 1.82) is 0 Å². The maximum Gasteiger partial charge on any atom is 0.407 e. The summed E-state index contributed by atoms with van der Waals surface area (Å²) in [6.07, 6.45) is -16.0. The van der Waals surface area contributed by atoms with Gasteiger partial charge in [0.1, 0.15) is 79.9 Å². The van der Waals surface area contributed by atoms with Crippen LogP contribution in [0.25, 0.3) is 0 Å². The molecule has 15 atom stereocenters. The van der Waals surface area contributed by atoms with Crippen LogP contribution in [-0.4, -0.2) is 321 Å². The second-order valence-corrected chi connectivity index (χ2v) is 26.0. The summed E-state index contributed by atoms with van der Waals surface area (Å²) in [4.78, 5) is 55.1. The summed E-state index contributed by atoms with van der Waals surface area (Å²) < 4.78 is 71.9. The Bertz CT molecular complexity index is 2220. The zero-order chi connectivity index (χ0) is 69.1. The summed E-state index contributed by atoms with van der Waals surface area (Å²) in [6, 6.07) is 9.29. The van der Waals surface area contributed by atoms with Gasteiger partial charge in [0.2, 0.25) is 17.7 Å². The number of benzene rings is 1. The molecule has 1 aromatic rings. The summed E-state index contributed by atoms with van der Waals surface area (Å²) in [5.41, 5.74) is -1.48. The van der Waals surface area contributed by atoms with E-state index in [1.165, 1.54) is 0 Å². The molecule has 33 heteroatoms. The third kappa shape index (κ3) is 23.8. The largest absolute Gasteiger partial charge is 0.445 e. The fourth-order valence-electron chi connectivity index (χ4n) is 14.6. The molecule has 3 aliphatic heterocycles. The average molecular weight is 1380 g/mol. The molecule has 3 saturated heterocycles. The van der Waals surface area contributed by atoms with E-state index in [0.717, 1.165) is 5.56 Å². The first-order valence-electron chi connectivity index (χ1n) is 33.2. The summed E-state index contributed by atoms with van der Waals surface area (Å²) in [7, 11) is 0. The molecule has 0 aromatic heterocycles. The van der Waals surface area contributed by atoms with Gasteiger partial charge in [0.15, 0.2) is 18.9 Å². The van der Waals surface area contributed by atoms with E-state index in [2.05, 4.69) is 21.3 Å². The number of carbonyl (C=O) groups is 4. The number of aliphatic hydroxyl groups excluding tert-OH is 12. The molecule has 16 N–H and O–H groups in total. The van der Waals surface area contributed by atoms with Gasteiger partial charge in [-0.1, -0.05) is 30.3 Å². The average Bonchev–Trinajstić information content (AvgIpc) is 0.687. The van der Waals surface area contributed by atoms with E-state index in [1.807, 2.05) is 30.3 Å². The van der Waals surface area contributed by atoms with E-state index in [-0.39, 0.29) is 162 Å². The molecule has 7 fully saturated rings. The number of hydrogen-bond acceptors (Lipinski definition) is 29. The molecule has 4 aliphatic carbocycles. The van der Waals surface area contributed by atoms with Gasteiger partial charge in [-0.2, -0.15) is 0 Å². The molecule has 8 rings (SSSR count). The van der Waals surface area contributed by atoms with Crippen LogP contribution >= 0.6 is 0 Å². The Morgan fingerprint density at radius 3 is 1.01 bits per heavy atom. The lowest BCUT2D eigenvalue weighted by Crippen LogP contribution is -2.69. The first kappa shape index (κ1) is 79.3. The van der Waals surface area contributed by atoms with Crippen molar-refractivity contribution in [2.24, 2.45) is 16.2 Å². The van der Waals surface area contributed by atoms with Gasteiger partial charge in [0, 0.05) is 44.4 Å². The maximum absolute atomic E-state index is 14.0. The smallest absolute Gasteiger partial charge is 0.407 e. The Balaban J connectivity index is 0.896. The zero-order valence-corrected chi connectivity index (χ0v) is 54.4. The Hall–Kier alpha value is -4.06. The standard InChI is InChI=1S/C63H104N4O29/c68-30-41-47(74)50(77)53(80)56(94-41)90-27-24-87-21-18-84-15-12-64-44(71)6-9-60-34-61(10-7-45(72)65-13-16-85-19-22-88-25-28-91-57-54(81)51(78)48(75)42(31-69)95-57)36-62(35-60,39-63(37-60,38-61)67-59(83)93-33-40-4-2-1-3-5-40)11-8-46(73)66-14-17-86-20-23-89-26-29-92-58-55(82)52(79)49(76)43(32-70)96-58/h1-5,41-43,47-58,68-70,74-82H,6-39H2,(H,64,71)(H,65,72)(H,66,73)(H,67,83)/t41-,42-,43-,47-,48-,49-,50+,51+,52+,53+,54+,55+,56+,57+,58+,60?,61?,62?,63?/m1/s1. The summed E-state index contributed by atoms with van der Waals surface area (Å²) in [5.74, 6) is -0.607. The molecule has 7 aliphatic rings. The number of rotatable bonds is 45. The molecule has 33 nitrogen and oxygen atoms in total. The van der Waals surface area contributed by atoms with E-state index in [1.54, 1.807) is 0 Å².